The Labute approximate surface area is 115 Å². The van der Waals surface area contributed by atoms with E-state index in [0.717, 1.165) is 16.6 Å². The minimum Gasteiger partial charge on any atom is -0.338 e. The first-order valence-electron chi connectivity index (χ1n) is 5.46. The van der Waals surface area contributed by atoms with E-state index in [2.05, 4.69) is 34.1 Å². The second-order valence-corrected chi connectivity index (χ2v) is 5.65. The van der Waals surface area contributed by atoms with Crippen molar-refractivity contribution in [2.24, 2.45) is 0 Å². The first-order valence-corrected chi connectivity index (χ1v) is 7.65. The molecule has 1 rings (SSSR count). The number of halogens is 1. The molecule has 0 fully saturated rings. The number of rotatable bonds is 5. The van der Waals surface area contributed by atoms with Crippen molar-refractivity contribution in [2.45, 2.75) is 19.4 Å². The van der Waals surface area contributed by atoms with E-state index < -0.39 is 0 Å². The first-order chi connectivity index (χ1) is 8.10. The van der Waals surface area contributed by atoms with Crippen LogP contribution in [0.15, 0.2) is 22.9 Å². The average Bonchev–Trinajstić information content (AvgIpc) is 2.34. The number of hydrogen-bond donors (Lipinski definition) is 0. The van der Waals surface area contributed by atoms with Crippen LogP contribution in [0.25, 0.3) is 0 Å². The van der Waals surface area contributed by atoms with Crippen LogP contribution >= 0.6 is 27.7 Å². The molecule has 94 valence electrons. The average molecular weight is 317 g/mol. The van der Waals surface area contributed by atoms with Gasteiger partial charge >= 0.3 is 0 Å². The highest BCUT2D eigenvalue weighted by Crippen LogP contribution is 2.15. The second kappa shape index (κ2) is 7.01. The van der Waals surface area contributed by atoms with Crippen molar-refractivity contribution in [3.05, 3.63) is 28.5 Å². The van der Waals surface area contributed by atoms with Crippen LogP contribution in [0.3, 0.4) is 0 Å². The van der Waals surface area contributed by atoms with Gasteiger partial charge in [0.1, 0.15) is 0 Å². The normalized spacial score (nSPS) is 12.2. The molecule has 1 heterocycles. The molecule has 0 N–H and O–H groups in total. The standard InChI is InChI=1S/C12H17BrN2OS/c1-4-11(8-17-3)15(2)12(16)9-5-10(13)7-14-6-9/h5-7,11H,4,8H2,1-3H3. The van der Waals surface area contributed by atoms with Crippen molar-refractivity contribution in [2.75, 3.05) is 19.1 Å². The highest BCUT2D eigenvalue weighted by Gasteiger charge is 2.19. The smallest absolute Gasteiger partial charge is 0.255 e. The first kappa shape index (κ1) is 14.5. The molecule has 0 saturated carbocycles. The number of aromatic nitrogens is 1. The molecule has 17 heavy (non-hydrogen) atoms. The van der Waals surface area contributed by atoms with Crippen molar-refractivity contribution < 1.29 is 4.79 Å². The number of carbonyl (C=O) groups is 1. The molecule has 5 heteroatoms. The molecule has 1 amide bonds. The third-order valence-corrected chi connectivity index (χ3v) is 3.80. The van der Waals surface area contributed by atoms with E-state index in [0.29, 0.717) is 5.56 Å². The van der Waals surface area contributed by atoms with Crippen LogP contribution < -0.4 is 0 Å². The van der Waals surface area contributed by atoms with Crippen molar-refractivity contribution in [3.8, 4) is 0 Å². The minimum absolute atomic E-state index is 0.0275. The summed E-state index contributed by atoms with van der Waals surface area (Å²) >= 11 is 5.09. The fourth-order valence-corrected chi connectivity index (χ4v) is 2.80. The lowest BCUT2D eigenvalue weighted by Crippen LogP contribution is -2.38. The van der Waals surface area contributed by atoms with Crippen molar-refractivity contribution in [1.29, 1.82) is 0 Å². The minimum atomic E-state index is 0.0275. The Kier molecular flexibility index (Phi) is 5.98. The zero-order valence-corrected chi connectivity index (χ0v) is 12.7. The lowest BCUT2D eigenvalue weighted by Gasteiger charge is -2.26. The quantitative estimate of drug-likeness (QED) is 0.837. The topological polar surface area (TPSA) is 33.2 Å². The van der Waals surface area contributed by atoms with E-state index >= 15 is 0 Å². The Morgan fingerprint density at radius 3 is 2.82 bits per heavy atom. The van der Waals surface area contributed by atoms with Gasteiger partial charge in [-0.2, -0.15) is 11.8 Å². The van der Waals surface area contributed by atoms with Crippen LogP contribution in [0.4, 0.5) is 0 Å². The molecule has 1 aromatic heterocycles. The highest BCUT2D eigenvalue weighted by atomic mass is 79.9. The number of hydrogen-bond acceptors (Lipinski definition) is 3. The van der Waals surface area contributed by atoms with Crippen LogP contribution in [0.1, 0.15) is 23.7 Å². The summed E-state index contributed by atoms with van der Waals surface area (Å²) in [6.07, 6.45) is 6.30. The summed E-state index contributed by atoms with van der Waals surface area (Å²) < 4.78 is 0.828. The van der Waals surface area contributed by atoms with E-state index in [4.69, 9.17) is 0 Å². The molecule has 0 radical (unpaired) electrons. The molecule has 0 aliphatic carbocycles. The molecule has 0 bridgehead atoms. The Morgan fingerprint density at radius 1 is 1.59 bits per heavy atom. The molecule has 1 unspecified atom stereocenters. The zero-order valence-electron chi connectivity index (χ0n) is 10.3. The lowest BCUT2D eigenvalue weighted by molar-refractivity contribution is 0.0743. The maximum Gasteiger partial charge on any atom is 0.255 e. The van der Waals surface area contributed by atoms with Gasteiger partial charge in [0.15, 0.2) is 0 Å². The summed E-state index contributed by atoms with van der Waals surface area (Å²) in [6, 6.07) is 2.08. The van der Waals surface area contributed by atoms with Gasteiger partial charge in [-0.25, -0.2) is 0 Å². The van der Waals surface area contributed by atoms with Crippen LogP contribution in [-0.2, 0) is 0 Å². The van der Waals surface area contributed by atoms with E-state index in [1.807, 2.05) is 7.05 Å². The van der Waals surface area contributed by atoms with Crippen LogP contribution in [-0.4, -0.2) is 40.9 Å². The number of pyridine rings is 1. The predicted octanol–water partition coefficient (Wildman–Crippen LogP) is 3.06. The largest absolute Gasteiger partial charge is 0.338 e. The molecule has 0 aliphatic rings. The molecule has 0 spiro atoms. The van der Waals surface area contributed by atoms with Crippen molar-refractivity contribution in [3.63, 3.8) is 0 Å². The molecular weight excluding hydrogens is 300 g/mol. The number of amides is 1. The van der Waals surface area contributed by atoms with E-state index in [1.54, 1.807) is 35.1 Å². The van der Waals surface area contributed by atoms with Gasteiger partial charge < -0.3 is 4.90 Å². The summed E-state index contributed by atoms with van der Waals surface area (Å²) in [5, 5.41) is 0. The maximum atomic E-state index is 12.2. The Hall–Kier alpha value is -0.550. The molecule has 0 aromatic carbocycles. The van der Waals surface area contributed by atoms with Crippen LogP contribution in [0, 0.1) is 0 Å². The highest BCUT2D eigenvalue weighted by molar-refractivity contribution is 9.10. The van der Waals surface area contributed by atoms with Gasteiger partial charge in [-0.05, 0) is 34.7 Å². The monoisotopic (exact) mass is 316 g/mol. The summed E-state index contributed by atoms with van der Waals surface area (Å²) in [5.41, 5.74) is 0.626. The third-order valence-electron chi connectivity index (χ3n) is 2.65. The number of nitrogens with zero attached hydrogens (tertiary/aromatic N) is 2. The molecule has 3 nitrogen and oxygen atoms in total. The Balaban J connectivity index is 2.81. The molecule has 0 aliphatic heterocycles. The second-order valence-electron chi connectivity index (χ2n) is 3.83. The Morgan fingerprint density at radius 2 is 2.29 bits per heavy atom. The molecule has 1 atom stereocenters. The van der Waals surface area contributed by atoms with Gasteiger partial charge in [-0.15, -0.1) is 0 Å². The summed E-state index contributed by atoms with van der Waals surface area (Å²) in [4.78, 5) is 18.1. The molecule has 0 saturated heterocycles. The molecule has 1 aromatic rings. The summed E-state index contributed by atoms with van der Waals surface area (Å²) in [6.45, 7) is 2.10. The predicted molar refractivity (Wildman–Crippen MR) is 76.5 cm³/mol. The SMILES string of the molecule is CCC(CSC)N(C)C(=O)c1cncc(Br)c1. The van der Waals surface area contributed by atoms with Gasteiger partial charge in [0.25, 0.3) is 5.91 Å². The summed E-state index contributed by atoms with van der Waals surface area (Å²) in [5.74, 6) is 0.986. The molecular formula is C12H17BrN2OS. The third kappa shape index (κ3) is 4.00. The van der Waals surface area contributed by atoms with Crippen molar-refractivity contribution >= 4 is 33.6 Å². The van der Waals surface area contributed by atoms with Crippen LogP contribution in [0.5, 0.6) is 0 Å². The lowest BCUT2D eigenvalue weighted by atomic mass is 10.2. The van der Waals surface area contributed by atoms with Crippen LogP contribution in [0.2, 0.25) is 0 Å². The Bertz CT molecular complexity index is 387. The van der Waals surface area contributed by atoms with E-state index in [1.165, 1.54) is 0 Å². The fraction of sp³-hybridized carbons (Fsp3) is 0.500. The maximum absolute atomic E-state index is 12.2. The summed E-state index contributed by atoms with van der Waals surface area (Å²) in [7, 11) is 1.85. The van der Waals surface area contributed by atoms with Gasteiger partial charge in [-0.1, -0.05) is 6.92 Å². The van der Waals surface area contributed by atoms with Gasteiger partial charge in [0.05, 0.1) is 5.56 Å². The van der Waals surface area contributed by atoms with Gasteiger partial charge in [0, 0.05) is 35.7 Å². The van der Waals surface area contributed by atoms with Crippen molar-refractivity contribution in [1.82, 2.24) is 9.88 Å². The number of carbonyl (C=O) groups excluding carboxylic acids is 1. The van der Waals surface area contributed by atoms with E-state index in [-0.39, 0.29) is 11.9 Å². The van der Waals surface area contributed by atoms with Gasteiger partial charge in [-0.3, -0.25) is 9.78 Å². The number of thioether (sulfide) groups is 1. The van der Waals surface area contributed by atoms with Gasteiger partial charge in [0.2, 0.25) is 0 Å². The van der Waals surface area contributed by atoms with E-state index in [9.17, 15) is 4.79 Å². The fourth-order valence-electron chi connectivity index (χ4n) is 1.59. The zero-order chi connectivity index (χ0) is 12.8.